The minimum atomic E-state index is -0.420. The van der Waals surface area contributed by atoms with Crippen molar-refractivity contribution in [2.75, 3.05) is 36.5 Å². The Bertz CT molecular complexity index is 1180. The molecule has 1 saturated heterocycles. The van der Waals surface area contributed by atoms with Gasteiger partial charge in [-0.25, -0.2) is 4.79 Å². The predicted octanol–water partition coefficient (Wildman–Crippen LogP) is 2.80. The van der Waals surface area contributed by atoms with Crippen molar-refractivity contribution in [1.29, 1.82) is 0 Å². The summed E-state index contributed by atoms with van der Waals surface area (Å²) < 4.78 is 12.5. The summed E-state index contributed by atoms with van der Waals surface area (Å²) in [7, 11) is 0. The Morgan fingerprint density at radius 1 is 1.00 bits per heavy atom. The lowest BCUT2D eigenvalue weighted by Gasteiger charge is -2.28. The number of benzene rings is 2. The van der Waals surface area contributed by atoms with E-state index in [1.54, 1.807) is 18.2 Å². The zero-order chi connectivity index (χ0) is 21.2. The Hall–Kier alpha value is -3.55. The maximum atomic E-state index is 12.9. The van der Waals surface area contributed by atoms with Crippen LogP contribution in [0.25, 0.3) is 10.9 Å². The molecule has 0 aliphatic carbocycles. The number of aromatic nitrogens is 2. The fourth-order valence-corrected chi connectivity index (χ4v) is 4.18. The van der Waals surface area contributed by atoms with Gasteiger partial charge in [0.05, 0.1) is 5.52 Å². The van der Waals surface area contributed by atoms with Gasteiger partial charge in [0.2, 0.25) is 5.91 Å². The minimum absolute atomic E-state index is 0.124. The van der Waals surface area contributed by atoms with Gasteiger partial charge in [0.1, 0.15) is 25.6 Å². The number of carbonyl (C=O) groups excluding carboxylic acids is 1. The van der Waals surface area contributed by atoms with Crippen LogP contribution >= 0.6 is 0 Å². The largest absolute Gasteiger partial charge is 0.486 e. The number of amides is 1. The molecule has 1 fully saturated rings. The number of anilines is 2. The molecule has 5 rings (SSSR count). The molecule has 0 saturated carbocycles. The van der Waals surface area contributed by atoms with Crippen molar-refractivity contribution in [1.82, 2.24) is 9.55 Å². The summed E-state index contributed by atoms with van der Waals surface area (Å²) in [5.41, 5.74) is 0.876. The van der Waals surface area contributed by atoms with Crippen LogP contribution in [-0.2, 0) is 11.3 Å². The van der Waals surface area contributed by atoms with Gasteiger partial charge >= 0.3 is 5.69 Å². The quantitative estimate of drug-likeness (QED) is 0.699. The van der Waals surface area contributed by atoms with E-state index in [9.17, 15) is 9.59 Å². The Labute approximate surface area is 179 Å². The van der Waals surface area contributed by atoms with Gasteiger partial charge in [-0.15, -0.1) is 0 Å². The molecule has 8 heteroatoms. The van der Waals surface area contributed by atoms with Crippen molar-refractivity contribution in [2.45, 2.75) is 25.8 Å². The lowest BCUT2D eigenvalue weighted by molar-refractivity contribution is -0.116. The van der Waals surface area contributed by atoms with Crippen molar-refractivity contribution in [3.63, 3.8) is 0 Å². The molecule has 160 valence electrons. The van der Waals surface area contributed by atoms with Crippen LogP contribution in [0.2, 0.25) is 0 Å². The first-order valence-corrected chi connectivity index (χ1v) is 10.6. The van der Waals surface area contributed by atoms with E-state index in [0.29, 0.717) is 41.7 Å². The molecular formula is C23H24N4O4. The van der Waals surface area contributed by atoms with E-state index in [1.165, 1.54) is 11.0 Å². The minimum Gasteiger partial charge on any atom is -0.486 e. The van der Waals surface area contributed by atoms with E-state index < -0.39 is 5.69 Å². The number of carbonyl (C=O) groups is 1. The van der Waals surface area contributed by atoms with E-state index in [2.05, 4.69) is 15.2 Å². The number of hydrogen-bond donors (Lipinski definition) is 1. The average molecular weight is 420 g/mol. The molecule has 2 aliphatic rings. The number of ether oxygens (including phenoxy) is 2. The molecule has 0 bridgehead atoms. The van der Waals surface area contributed by atoms with E-state index in [1.807, 2.05) is 24.3 Å². The van der Waals surface area contributed by atoms with Crippen molar-refractivity contribution < 1.29 is 14.3 Å². The maximum Gasteiger partial charge on any atom is 0.350 e. The highest BCUT2D eigenvalue weighted by Crippen LogP contribution is 2.32. The van der Waals surface area contributed by atoms with Gasteiger partial charge in [-0.1, -0.05) is 12.1 Å². The average Bonchev–Trinajstić information content (AvgIpc) is 2.81. The second-order valence-corrected chi connectivity index (χ2v) is 7.78. The highest BCUT2D eigenvalue weighted by atomic mass is 16.6. The first-order valence-electron chi connectivity index (χ1n) is 10.6. The zero-order valence-corrected chi connectivity index (χ0v) is 17.2. The SMILES string of the molecule is O=C(Cn1c(=O)nc(N2CCCCC2)c2ccccc21)Nc1ccc2c(c1)OCCO2. The summed E-state index contributed by atoms with van der Waals surface area (Å²) in [6.07, 6.45) is 3.39. The molecular weight excluding hydrogens is 396 g/mol. The molecule has 0 atom stereocenters. The van der Waals surface area contributed by atoms with Crippen LogP contribution in [0.1, 0.15) is 19.3 Å². The maximum absolute atomic E-state index is 12.9. The Morgan fingerprint density at radius 3 is 2.61 bits per heavy atom. The van der Waals surface area contributed by atoms with Crippen LogP contribution in [-0.4, -0.2) is 41.8 Å². The molecule has 0 spiro atoms. The van der Waals surface area contributed by atoms with Gasteiger partial charge in [0, 0.05) is 30.2 Å². The number of para-hydroxylation sites is 1. The molecule has 1 aromatic heterocycles. The van der Waals surface area contributed by atoms with Gasteiger partial charge in [0.15, 0.2) is 11.5 Å². The lowest BCUT2D eigenvalue weighted by atomic mass is 10.1. The van der Waals surface area contributed by atoms with Gasteiger partial charge < -0.3 is 19.7 Å². The van der Waals surface area contributed by atoms with Gasteiger partial charge in [-0.3, -0.25) is 9.36 Å². The lowest BCUT2D eigenvalue weighted by Crippen LogP contribution is -2.35. The van der Waals surface area contributed by atoms with Gasteiger partial charge in [-0.2, -0.15) is 4.98 Å². The van der Waals surface area contributed by atoms with E-state index in [0.717, 1.165) is 31.3 Å². The molecule has 8 nitrogen and oxygen atoms in total. The Kier molecular flexibility index (Phi) is 5.19. The van der Waals surface area contributed by atoms with Crippen molar-refractivity contribution in [2.24, 2.45) is 0 Å². The highest BCUT2D eigenvalue weighted by molar-refractivity contribution is 5.94. The van der Waals surface area contributed by atoms with E-state index >= 15 is 0 Å². The number of fused-ring (bicyclic) bond motifs is 2. The number of nitrogens with one attached hydrogen (secondary N) is 1. The normalized spacial score (nSPS) is 15.7. The molecule has 1 N–H and O–H groups in total. The van der Waals surface area contributed by atoms with E-state index in [-0.39, 0.29) is 12.5 Å². The van der Waals surface area contributed by atoms with Crippen molar-refractivity contribution >= 4 is 28.3 Å². The molecule has 0 unspecified atom stereocenters. The molecule has 2 aromatic carbocycles. The van der Waals surface area contributed by atoms with Crippen LogP contribution in [0.3, 0.4) is 0 Å². The van der Waals surface area contributed by atoms with Crippen LogP contribution in [0.4, 0.5) is 11.5 Å². The third kappa shape index (κ3) is 3.93. The molecule has 0 radical (unpaired) electrons. The van der Waals surface area contributed by atoms with Crippen LogP contribution in [0.15, 0.2) is 47.3 Å². The predicted molar refractivity (Wildman–Crippen MR) is 118 cm³/mol. The number of nitrogens with zero attached hydrogens (tertiary/aromatic N) is 3. The van der Waals surface area contributed by atoms with Crippen molar-refractivity contribution in [3.8, 4) is 11.5 Å². The second-order valence-electron chi connectivity index (χ2n) is 7.78. The highest BCUT2D eigenvalue weighted by Gasteiger charge is 2.19. The van der Waals surface area contributed by atoms with Crippen LogP contribution in [0.5, 0.6) is 11.5 Å². The fourth-order valence-electron chi connectivity index (χ4n) is 4.18. The van der Waals surface area contributed by atoms with Gasteiger partial charge in [0.25, 0.3) is 0 Å². The van der Waals surface area contributed by atoms with Crippen LogP contribution < -0.4 is 25.4 Å². The third-order valence-electron chi connectivity index (χ3n) is 5.65. The molecule has 3 heterocycles. The van der Waals surface area contributed by atoms with Crippen LogP contribution in [0, 0.1) is 0 Å². The monoisotopic (exact) mass is 420 g/mol. The first-order chi connectivity index (χ1) is 15.2. The second kappa shape index (κ2) is 8.29. The summed E-state index contributed by atoms with van der Waals surface area (Å²) in [6.45, 7) is 2.65. The Morgan fingerprint density at radius 2 is 1.77 bits per heavy atom. The first kappa shape index (κ1) is 19.4. The summed E-state index contributed by atoms with van der Waals surface area (Å²) in [5, 5.41) is 3.72. The number of rotatable bonds is 4. The molecule has 1 amide bonds. The Balaban J connectivity index is 1.42. The number of piperidine rings is 1. The summed E-state index contributed by atoms with van der Waals surface area (Å²) >= 11 is 0. The summed E-state index contributed by atoms with van der Waals surface area (Å²) in [6, 6.07) is 12.9. The van der Waals surface area contributed by atoms with Gasteiger partial charge in [-0.05, 0) is 43.5 Å². The molecule has 31 heavy (non-hydrogen) atoms. The standard InChI is InChI=1S/C23H24N4O4/c28-21(24-16-8-9-19-20(14-16)31-13-12-30-19)15-27-18-7-3-2-6-17(18)22(25-23(27)29)26-10-4-1-5-11-26/h2-3,6-9,14H,1,4-5,10-13,15H2,(H,24,28). The molecule has 3 aromatic rings. The van der Waals surface area contributed by atoms with E-state index in [4.69, 9.17) is 9.47 Å². The summed E-state index contributed by atoms with van der Waals surface area (Å²) in [5.74, 6) is 1.66. The zero-order valence-electron chi connectivity index (χ0n) is 17.2. The van der Waals surface area contributed by atoms with Crippen molar-refractivity contribution in [3.05, 3.63) is 52.9 Å². The number of hydrogen-bond acceptors (Lipinski definition) is 6. The fraction of sp³-hybridized carbons (Fsp3) is 0.348. The topological polar surface area (TPSA) is 85.7 Å². The molecule has 2 aliphatic heterocycles. The third-order valence-corrected chi connectivity index (χ3v) is 5.65. The smallest absolute Gasteiger partial charge is 0.350 e. The summed E-state index contributed by atoms with van der Waals surface area (Å²) in [4.78, 5) is 32.2.